The van der Waals surface area contributed by atoms with Crippen LogP contribution in [0.15, 0.2) is 54.1 Å². The number of β-lactam (4-membered cyclic amide) rings is 1. The van der Waals surface area contributed by atoms with E-state index in [0.717, 1.165) is 5.56 Å². The SMILES string of the molecule is C=CCOC(=O)C1=CS[C@H]2[C@@H](C(C)OC(=O)[C@H](Cc3ccccc3)NC(=O)OC)C(=O)N12. The van der Waals surface area contributed by atoms with Gasteiger partial charge in [0.1, 0.15) is 35.7 Å². The first kappa shape index (κ1) is 23.4. The monoisotopic (exact) mass is 460 g/mol. The average Bonchev–Trinajstić information content (AvgIpc) is 3.16. The molecule has 1 unspecified atom stereocenters. The van der Waals surface area contributed by atoms with Crippen molar-refractivity contribution in [2.24, 2.45) is 5.92 Å². The molecule has 1 N–H and O–H groups in total. The maximum Gasteiger partial charge on any atom is 0.407 e. The molecule has 0 bridgehead atoms. The van der Waals surface area contributed by atoms with Gasteiger partial charge in [0, 0.05) is 11.8 Å². The van der Waals surface area contributed by atoms with Crippen molar-refractivity contribution in [3.8, 4) is 0 Å². The zero-order valence-corrected chi connectivity index (χ0v) is 18.5. The summed E-state index contributed by atoms with van der Waals surface area (Å²) in [6, 6.07) is 8.14. The summed E-state index contributed by atoms with van der Waals surface area (Å²) in [7, 11) is 1.20. The molecule has 2 amide bonds. The molecule has 32 heavy (non-hydrogen) atoms. The summed E-state index contributed by atoms with van der Waals surface area (Å²) >= 11 is 1.29. The van der Waals surface area contributed by atoms with E-state index < -0.39 is 36.1 Å². The first-order valence-electron chi connectivity index (χ1n) is 9.93. The molecule has 0 spiro atoms. The molecular weight excluding hydrogens is 436 g/mol. The molecule has 3 rings (SSSR count). The average molecular weight is 461 g/mol. The molecule has 170 valence electrons. The largest absolute Gasteiger partial charge is 0.460 e. The topological polar surface area (TPSA) is 111 Å². The van der Waals surface area contributed by atoms with Gasteiger partial charge in [0.25, 0.3) is 0 Å². The highest BCUT2D eigenvalue weighted by atomic mass is 32.2. The lowest BCUT2D eigenvalue weighted by Crippen LogP contribution is -2.61. The zero-order valence-electron chi connectivity index (χ0n) is 17.7. The van der Waals surface area contributed by atoms with Gasteiger partial charge in [-0.3, -0.25) is 9.69 Å². The number of amides is 2. The number of esters is 2. The summed E-state index contributed by atoms with van der Waals surface area (Å²) in [4.78, 5) is 50.7. The number of carbonyl (C=O) groups is 4. The summed E-state index contributed by atoms with van der Waals surface area (Å²) < 4.78 is 15.2. The number of hydrogen-bond acceptors (Lipinski definition) is 8. The van der Waals surface area contributed by atoms with Crippen LogP contribution in [-0.4, -0.2) is 60.1 Å². The Balaban J connectivity index is 1.62. The van der Waals surface area contributed by atoms with E-state index >= 15 is 0 Å². The molecule has 1 fully saturated rings. The summed E-state index contributed by atoms with van der Waals surface area (Å²) in [5.41, 5.74) is 0.985. The number of alkyl carbamates (subject to hydrolysis) is 1. The molecule has 1 aromatic rings. The first-order chi connectivity index (χ1) is 15.4. The molecule has 1 saturated heterocycles. The second-order valence-corrected chi connectivity index (χ2v) is 8.16. The van der Waals surface area contributed by atoms with Crippen LogP contribution >= 0.6 is 11.8 Å². The fourth-order valence-corrected chi connectivity index (χ4v) is 4.77. The number of ether oxygens (including phenoxy) is 3. The van der Waals surface area contributed by atoms with Crippen LogP contribution in [0, 0.1) is 5.92 Å². The van der Waals surface area contributed by atoms with Crippen molar-refractivity contribution in [3.63, 3.8) is 0 Å². The van der Waals surface area contributed by atoms with Crippen LogP contribution in [0.3, 0.4) is 0 Å². The molecule has 0 radical (unpaired) electrons. The van der Waals surface area contributed by atoms with Gasteiger partial charge in [-0.1, -0.05) is 43.0 Å². The molecule has 0 aliphatic carbocycles. The van der Waals surface area contributed by atoms with Gasteiger partial charge >= 0.3 is 18.0 Å². The smallest absolute Gasteiger partial charge is 0.407 e. The minimum Gasteiger partial charge on any atom is -0.460 e. The second kappa shape index (κ2) is 10.4. The molecule has 2 heterocycles. The number of thioether (sulfide) groups is 1. The minimum atomic E-state index is -0.989. The quantitative estimate of drug-likeness (QED) is 0.258. The van der Waals surface area contributed by atoms with Crippen molar-refractivity contribution < 1.29 is 33.4 Å². The van der Waals surface area contributed by atoms with Crippen LogP contribution in [0.4, 0.5) is 4.79 Å². The van der Waals surface area contributed by atoms with E-state index in [0.29, 0.717) is 0 Å². The van der Waals surface area contributed by atoms with Crippen molar-refractivity contribution >= 4 is 35.7 Å². The molecule has 4 atom stereocenters. The Morgan fingerprint density at radius 1 is 1.28 bits per heavy atom. The van der Waals surface area contributed by atoms with Gasteiger partial charge in [-0.15, -0.1) is 11.8 Å². The van der Waals surface area contributed by atoms with E-state index in [2.05, 4.69) is 16.6 Å². The van der Waals surface area contributed by atoms with Gasteiger partial charge in [0.05, 0.1) is 7.11 Å². The molecule has 10 heteroatoms. The Morgan fingerprint density at radius 2 is 2.00 bits per heavy atom. The number of benzene rings is 1. The molecule has 9 nitrogen and oxygen atoms in total. The van der Waals surface area contributed by atoms with Gasteiger partial charge in [-0.25, -0.2) is 14.4 Å². The van der Waals surface area contributed by atoms with Gasteiger partial charge in [-0.2, -0.15) is 0 Å². The fraction of sp³-hybridized carbons (Fsp3) is 0.364. The number of rotatable bonds is 9. The summed E-state index contributed by atoms with van der Waals surface area (Å²) in [5.74, 6) is -2.25. The van der Waals surface area contributed by atoms with Crippen LogP contribution in [0.1, 0.15) is 12.5 Å². The summed E-state index contributed by atoms with van der Waals surface area (Å²) in [6.07, 6.45) is 0.109. The lowest BCUT2D eigenvalue weighted by molar-refractivity contribution is -0.168. The van der Waals surface area contributed by atoms with Crippen LogP contribution in [0.25, 0.3) is 0 Å². The number of fused-ring (bicyclic) bond motifs is 1. The number of methoxy groups -OCH3 is 1. The third kappa shape index (κ3) is 4.96. The normalized spacial score (nSPS) is 20.8. The molecule has 0 saturated carbocycles. The maximum atomic E-state index is 12.8. The Hall–Kier alpha value is -3.27. The van der Waals surface area contributed by atoms with Gasteiger partial charge in [0.15, 0.2) is 0 Å². The van der Waals surface area contributed by atoms with Crippen molar-refractivity contribution in [3.05, 3.63) is 59.7 Å². The highest BCUT2D eigenvalue weighted by molar-refractivity contribution is 8.03. The van der Waals surface area contributed by atoms with Crippen LogP contribution in [0.5, 0.6) is 0 Å². The lowest BCUT2D eigenvalue weighted by Gasteiger charge is -2.44. The van der Waals surface area contributed by atoms with Crippen molar-refractivity contribution in [1.29, 1.82) is 0 Å². The molecule has 2 aliphatic heterocycles. The third-order valence-electron chi connectivity index (χ3n) is 5.06. The second-order valence-electron chi connectivity index (χ2n) is 7.17. The van der Waals surface area contributed by atoms with Crippen molar-refractivity contribution in [2.45, 2.75) is 30.9 Å². The Bertz CT molecular complexity index is 933. The van der Waals surface area contributed by atoms with Crippen LogP contribution in [0.2, 0.25) is 0 Å². The summed E-state index contributed by atoms with van der Waals surface area (Å²) in [5, 5.41) is 3.68. The highest BCUT2D eigenvalue weighted by Crippen LogP contribution is 2.46. The Morgan fingerprint density at radius 3 is 2.66 bits per heavy atom. The predicted octanol–water partition coefficient (Wildman–Crippen LogP) is 1.99. The Kier molecular flexibility index (Phi) is 7.57. The van der Waals surface area contributed by atoms with Crippen molar-refractivity contribution in [2.75, 3.05) is 13.7 Å². The number of nitrogens with one attached hydrogen (secondary N) is 1. The van der Waals surface area contributed by atoms with Crippen LogP contribution < -0.4 is 5.32 Å². The number of carbonyl (C=O) groups excluding carboxylic acids is 4. The fourth-order valence-electron chi connectivity index (χ4n) is 3.45. The van der Waals surface area contributed by atoms with Gasteiger partial charge < -0.3 is 19.5 Å². The van der Waals surface area contributed by atoms with Crippen LogP contribution in [-0.2, 0) is 35.0 Å². The number of hydrogen-bond donors (Lipinski definition) is 1. The standard InChI is InChI=1S/C22H24N2O7S/c1-4-10-30-21(27)16-12-32-19-17(18(25)24(16)19)13(2)31-20(26)15(23-22(28)29-3)11-14-8-6-5-7-9-14/h4-9,12-13,15,17,19H,1,10-11H2,2-3H3,(H,23,28)/t13?,15-,17-,19-/m0/s1. The molecule has 0 aromatic heterocycles. The maximum absolute atomic E-state index is 12.8. The molecule has 1 aromatic carbocycles. The minimum absolute atomic E-state index is 0.0426. The van der Waals surface area contributed by atoms with E-state index in [1.54, 1.807) is 12.3 Å². The van der Waals surface area contributed by atoms with Gasteiger partial charge in [0.2, 0.25) is 5.91 Å². The van der Waals surface area contributed by atoms with E-state index in [1.807, 2.05) is 30.3 Å². The summed E-state index contributed by atoms with van der Waals surface area (Å²) in [6.45, 7) is 5.14. The lowest BCUT2D eigenvalue weighted by atomic mass is 9.92. The predicted molar refractivity (Wildman–Crippen MR) is 116 cm³/mol. The third-order valence-corrected chi connectivity index (χ3v) is 6.20. The highest BCUT2D eigenvalue weighted by Gasteiger charge is 2.57. The van der Waals surface area contributed by atoms with Crippen molar-refractivity contribution in [1.82, 2.24) is 10.2 Å². The van der Waals surface area contributed by atoms with Gasteiger partial charge in [-0.05, 0) is 12.5 Å². The van der Waals surface area contributed by atoms with E-state index in [1.165, 1.54) is 29.8 Å². The zero-order chi connectivity index (χ0) is 23.3. The van der Waals surface area contributed by atoms with E-state index in [-0.39, 0.29) is 30.0 Å². The molecular formula is C22H24N2O7S. The van der Waals surface area contributed by atoms with E-state index in [4.69, 9.17) is 9.47 Å². The van der Waals surface area contributed by atoms with E-state index in [9.17, 15) is 19.2 Å². The Labute approximate surface area is 189 Å². The number of nitrogens with zero attached hydrogens (tertiary/aromatic N) is 1. The first-order valence-corrected chi connectivity index (χ1v) is 10.9. The molecule has 2 aliphatic rings.